The van der Waals surface area contributed by atoms with Gasteiger partial charge in [-0.05, 0) is 82.4 Å². The maximum Gasteiger partial charge on any atom is 0.303 e. The van der Waals surface area contributed by atoms with Crippen molar-refractivity contribution in [1.82, 2.24) is 19.4 Å². The molecule has 3 saturated carbocycles. The average molecular weight is 648 g/mol. The number of aliphatic carboxylic acids is 1. The Labute approximate surface area is 276 Å². The number of ether oxygens (including phenoxy) is 4. The molecule has 4 fully saturated rings. The highest BCUT2D eigenvalue weighted by atomic mass is 16.8. The topological polar surface area (TPSA) is 120 Å². The maximum atomic E-state index is 11.1. The summed E-state index contributed by atoms with van der Waals surface area (Å²) in [5.41, 5.74) is 1.89. The van der Waals surface area contributed by atoms with Crippen LogP contribution in [0.25, 0.3) is 11.0 Å². The fraction of sp³-hybridized carbons (Fsp3) is 0.639. The van der Waals surface area contributed by atoms with Crippen LogP contribution < -0.4 is 14.8 Å². The molecule has 7 rings (SSSR count). The van der Waals surface area contributed by atoms with Gasteiger partial charge in [0.15, 0.2) is 5.79 Å². The molecule has 254 valence electrons. The molecular formula is C36H49N5O6. The van der Waals surface area contributed by atoms with Crippen molar-refractivity contribution in [3.05, 3.63) is 42.4 Å². The molecule has 11 heteroatoms. The van der Waals surface area contributed by atoms with E-state index in [4.69, 9.17) is 23.9 Å². The second kappa shape index (κ2) is 13.2. The molecule has 4 atom stereocenters. The van der Waals surface area contributed by atoms with Crippen LogP contribution in [0.15, 0.2) is 36.8 Å². The second-order valence-electron chi connectivity index (χ2n) is 14.5. The lowest BCUT2D eigenvalue weighted by atomic mass is 9.75. The predicted molar refractivity (Wildman–Crippen MR) is 178 cm³/mol. The molecule has 0 unspecified atom stereocenters. The monoisotopic (exact) mass is 647 g/mol. The standard InChI is InChI=1S/C36H49N5O6/c1-36(2)46-32-25(20-40(19-22-6-5-7-22)26-14-23(15-26)8-11-31(42)43)16-29(33(32)47-36)41-13-12-28-34(38-21-39-35(28)41)37-18-24-9-10-27(44-3)17-30(24)45-4/h9-10,12-13,17,21-23,25-26,29,32-33H,5-8,11,14-16,18-20H2,1-4H3,(H,42,43)(H,37,38,39)/t23?,25-,26?,29-,32-,33+/m1/s1. The fourth-order valence-electron chi connectivity index (χ4n) is 8.31. The van der Waals surface area contributed by atoms with E-state index >= 15 is 0 Å². The number of nitrogens with one attached hydrogen (secondary N) is 1. The average Bonchev–Trinajstić information content (AvgIpc) is 3.67. The first-order chi connectivity index (χ1) is 22.7. The van der Waals surface area contributed by atoms with Crippen molar-refractivity contribution in [3.8, 4) is 11.5 Å². The summed E-state index contributed by atoms with van der Waals surface area (Å²) in [5.74, 6) is 2.56. The van der Waals surface area contributed by atoms with Gasteiger partial charge in [0.25, 0.3) is 0 Å². The van der Waals surface area contributed by atoms with Crippen molar-refractivity contribution in [2.75, 3.05) is 32.6 Å². The lowest BCUT2D eigenvalue weighted by molar-refractivity contribution is -0.161. The number of hydrogen-bond acceptors (Lipinski definition) is 9. The number of rotatable bonds is 14. The van der Waals surface area contributed by atoms with Gasteiger partial charge in [-0.1, -0.05) is 6.42 Å². The van der Waals surface area contributed by atoms with Gasteiger partial charge in [0.05, 0.1) is 31.8 Å². The summed E-state index contributed by atoms with van der Waals surface area (Å²) in [6.07, 6.45) is 11.9. The largest absolute Gasteiger partial charge is 0.497 e. The third-order valence-corrected chi connectivity index (χ3v) is 11.0. The van der Waals surface area contributed by atoms with Gasteiger partial charge in [0.1, 0.15) is 35.4 Å². The molecule has 0 amide bonds. The minimum atomic E-state index is -0.688. The number of nitrogens with zero attached hydrogens (tertiary/aromatic N) is 4. The van der Waals surface area contributed by atoms with Gasteiger partial charge in [0.2, 0.25) is 0 Å². The molecule has 1 saturated heterocycles. The van der Waals surface area contributed by atoms with Crippen LogP contribution in [0.4, 0.5) is 5.82 Å². The number of anilines is 1. The smallest absolute Gasteiger partial charge is 0.303 e. The molecule has 1 aliphatic heterocycles. The van der Waals surface area contributed by atoms with Crippen LogP contribution in [0.5, 0.6) is 11.5 Å². The minimum absolute atomic E-state index is 0.00111. The summed E-state index contributed by atoms with van der Waals surface area (Å²) in [6.45, 7) is 6.70. The van der Waals surface area contributed by atoms with Crippen molar-refractivity contribution in [2.24, 2.45) is 17.8 Å². The summed E-state index contributed by atoms with van der Waals surface area (Å²) < 4.78 is 26.5. The second-order valence-corrected chi connectivity index (χ2v) is 14.5. The summed E-state index contributed by atoms with van der Waals surface area (Å²) in [4.78, 5) is 23.2. The molecule has 0 bridgehead atoms. The molecule has 0 radical (unpaired) electrons. The fourth-order valence-corrected chi connectivity index (χ4v) is 8.31. The molecule has 47 heavy (non-hydrogen) atoms. The van der Waals surface area contributed by atoms with Crippen LogP contribution in [0.2, 0.25) is 0 Å². The van der Waals surface area contributed by atoms with E-state index in [9.17, 15) is 9.90 Å². The van der Waals surface area contributed by atoms with E-state index in [2.05, 4.69) is 32.0 Å². The molecule has 1 aromatic carbocycles. The summed E-state index contributed by atoms with van der Waals surface area (Å²) >= 11 is 0. The van der Waals surface area contributed by atoms with E-state index in [1.807, 2.05) is 32.0 Å². The normalized spacial score (nSPS) is 28.2. The highest BCUT2D eigenvalue weighted by Gasteiger charge is 2.55. The van der Waals surface area contributed by atoms with Crippen LogP contribution >= 0.6 is 0 Å². The molecule has 11 nitrogen and oxygen atoms in total. The Hall–Kier alpha value is -3.41. The van der Waals surface area contributed by atoms with Crippen LogP contribution in [-0.2, 0) is 20.8 Å². The highest BCUT2D eigenvalue weighted by Crippen LogP contribution is 2.49. The zero-order chi connectivity index (χ0) is 32.7. The molecule has 2 aromatic heterocycles. The Morgan fingerprint density at radius 3 is 2.60 bits per heavy atom. The van der Waals surface area contributed by atoms with Crippen molar-refractivity contribution in [2.45, 2.75) is 102 Å². The molecule has 2 N–H and O–H groups in total. The van der Waals surface area contributed by atoms with Crippen LogP contribution in [-0.4, -0.2) is 81.9 Å². The SMILES string of the molecule is COc1ccc(CNc2ncnc3c2ccn3[C@@H]2C[C@H](CN(CC3CCC3)C3CC(CCC(=O)O)C3)[C@H]3OC(C)(C)O[C@H]32)c(OC)c1. The first-order valence-corrected chi connectivity index (χ1v) is 17.3. The van der Waals surface area contributed by atoms with E-state index in [-0.39, 0.29) is 24.7 Å². The Bertz CT molecular complexity index is 1570. The van der Waals surface area contributed by atoms with Crippen molar-refractivity contribution in [1.29, 1.82) is 0 Å². The summed E-state index contributed by atoms with van der Waals surface area (Å²) in [5, 5.41) is 13.6. The van der Waals surface area contributed by atoms with E-state index in [0.717, 1.165) is 78.6 Å². The van der Waals surface area contributed by atoms with E-state index < -0.39 is 11.8 Å². The number of benzene rings is 1. The Morgan fingerprint density at radius 2 is 1.87 bits per heavy atom. The minimum Gasteiger partial charge on any atom is -0.497 e. The molecule has 3 heterocycles. The summed E-state index contributed by atoms with van der Waals surface area (Å²) in [7, 11) is 3.31. The molecular weight excluding hydrogens is 598 g/mol. The lowest BCUT2D eigenvalue weighted by Crippen LogP contribution is -2.50. The van der Waals surface area contributed by atoms with Gasteiger partial charge in [-0.2, -0.15) is 0 Å². The molecule has 3 aromatic rings. The zero-order valence-corrected chi connectivity index (χ0v) is 28.1. The Balaban J connectivity index is 1.09. The Kier molecular flexibility index (Phi) is 9.06. The van der Waals surface area contributed by atoms with E-state index in [1.165, 1.54) is 19.3 Å². The van der Waals surface area contributed by atoms with E-state index in [1.54, 1.807) is 20.5 Å². The van der Waals surface area contributed by atoms with Gasteiger partial charge in [-0.15, -0.1) is 0 Å². The van der Waals surface area contributed by atoms with E-state index in [0.29, 0.717) is 24.4 Å². The van der Waals surface area contributed by atoms with Crippen LogP contribution in [0, 0.1) is 17.8 Å². The van der Waals surface area contributed by atoms with Crippen molar-refractivity contribution >= 4 is 22.8 Å². The van der Waals surface area contributed by atoms with Gasteiger partial charge >= 0.3 is 5.97 Å². The maximum absolute atomic E-state index is 11.1. The lowest BCUT2D eigenvalue weighted by Gasteiger charge is -2.46. The molecule has 0 spiro atoms. The van der Waals surface area contributed by atoms with Gasteiger partial charge in [-0.25, -0.2) is 9.97 Å². The van der Waals surface area contributed by atoms with Gasteiger partial charge in [-0.3, -0.25) is 9.69 Å². The summed E-state index contributed by atoms with van der Waals surface area (Å²) in [6, 6.07) is 8.53. The number of carboxylic acids is 1. The van der Waals surface area contributed by atoms with Crippen LogP contribution in [0.3, 0.4) is 0 Å². The third-order valence-electron chi connectivity index (χ3n) is 11.0. The predicted octanol–water partition coefficient (Wildman–Crippen LogP) is 5.89. The quantitative estimate of drug-likeness (QED) is 0.219. The number of carbonyl (C=O) groups is 1. The van der Waals surface area contributed by atoms with Crippen molar-refractivity contribution in [3.63, 3.8) is 0 Å². The zero-order valence-electron chi connectivity index (χ0n) is 28.1. The van der Waals surface area contributed by atoms with Crippen molar-refractivity contribution < 1.29 is 28.8 Å². The first kappa shape index (κ1) is 32.2. The number of carboxylic acid groups (broad SMARTS) is 1. The number of aromatic nitrogens is 3. The number of hydrogen-bond donors (Lipinski definition) is 2. The number of fused-ring (bicyclic) bond motifs is 2. The molecule has 4 aliphatic rings. The van der Waals surface area contributed by atoms with Crippen LogP contribution in [0.1, 0.15) is 76.8 Å². The van der Waals surface area contributed by atoms with Gasteiger partial charge < -0.3 is 33.9 Å². The Morgan fingerprint density at radius 1 is 1.06 bits per heavy atom. The highest BCUT2D eigenvalue weighted by molar-refractivity contribution is 5.87. The molecule has 3 aliphatic carbocycles. The number of methoxy groups -OCH3 is 2. The van der Waals surface area contributed by atoms with Gasteiger partial charge in [0, 0.05) is 55.8 Å². The first-order valence-electron chi connectivity index (χ1n) is 17.3. The third kappa shape index (κ3) is 6.67.